The number of rotatable bonds is 4. The van der Waals surface area contributed by atoms with Crippen molar-refractivity contribution in [3.8, 4) is 11.4 Å². The zero-order valence-electron chi connectivity index (χ0n) is 17.8. The van der Waals surface area contributed by atoms with Gasteiger partial charge in [0, 0.05) is 30.2 Å². The number of nitrogens with zero attached hydrogens (tertiary/aromatic N) is 4. The number of halogens is 1. The normalized spacial score (nSPS) is 13.2. The van der Waals surface area contributed by atoms with Gasteiger partial charge in [-0.3, -0.25) is 0 Å². The van der Waals surface area contributed by atoms with Crippen molar-refractivity contribution in [3.63, 3.8) is 0 Å². The SMILES string of the molecule is CN(C)c1ccc(Sc2nc(N)nc(-c3c(Cl)cc4c5c(cccc35)COCC4)n2)cc1. The van der Waals surface area contributed by atoms with Gasteiger partial charge in [0.2, 0.25) is 5.95 Å². The van der Waals surface area contributed by atoms with E-state index >= 15 is 0 Å². The van der Waals surface area contributed by atoms with Crippen molar-refractivity contribution in [1.29, 1.82) is 0 Å². The summed E-state index contributed by atoms with van der Waals surface area (Å²) in [6.45, 7) is 1.25. The minimum absolute atomic E-state index is 0.166. The molecule has 0 unspecified atom stereocenters. The molecule has 4 aromatic rings. The van der Waals surface area contributed by atoms with Gasteiger partial charge in [-0.05, 0) is 70.4 Å². The maximum Gasteiger partial charge on any atom is 0.224 e. The molecule has 6 nitrogen and oxygen atoms in total. The zero-order valence-corrected chi connectivity index (χ0v) is 19.4. The number of nitrogen functional groups attached to an aromatic ring is 1. The van der Waals surface area contributed by atoms with Gasteiger partial charge in [-0.15, -0.1) is 0 Å². The summed E-state index contributed by atoms with van der Waals surface area (Å²) in [6.07, 6.45) is 0.816. The van der Waals surface area contributed by atoms with Crippen molar-refractivity contribution in [2.45, 2.75) is 23.1 Å². The van der Waals surface area contributed by atoms with Crippen LogP contribution in [0.3, 0.4) is 0 Å². The highest BCUT2D eigenvalue weighted by Gasteiger charge is 2.20. The highest BCUT2D eigenvalue weighted by molar-refractivity contribution is 7.99. The minimum Gasteiger partial charge on any atom is -0.378 e. The summed E-state index contributed by atoms with van der Waals surface area (Å²) >= 11 is 8.21. The molecule has 0 atom stereocenters. The van der Waals surface area contributed by atoms with E-state index in [9.17, 15) is 0 Å². The van der Waals surface area contributed by atoms with Crippen LogP contribution < -0.4 is 10.6 Å². The number of hydrogen-bond donors (Lipinski definition) is 1. The van der Waals surface area contributed by atoms with E-state index in [1.807, 2.05) is 38.4 Å². The van der Waals surface area contributed by atoms with Gasteiger partial charge < -0.3 is 15.4 Å². The molecular formula is C24H22ClN5OS. The number of nitrogens with two attached hydrogens (primary N) is 1. The molecule has 1 aromatic heterocycles. The van der Waals surface area contributed by atoms with E-state index in [-0.39, 0.29) is 5.95 Å². The lowest BCUT2D eigenvalue weighted by atomic mass is 9.94. The summed E-state index contributed by atoms with van der Waals surface area (Å²) in [5.41, 5.74) is 10.3. The summed E-state index contributed by atoms with van der Waals surface area (Å²) in [4.78, 5) is 16.6. The molecule has 8 heteroatoms. The smallest absolute Gasteiger partial charge is 0.224 e. The van der Waals surface area contributed by atoms with Crippen molar-refractivity contribution in [3.05, 3.63) is 64.7 Å². The van der Waals surface area contributed by atoms with Crippen LogP contribution in [-0.4, -0.2) is 35.7 Å². The molecule has 162 valence electrons. The van der Waals surface area contributed by atoms with Crippen LogP contribution in [-0.2, 0) is 17.8 Å². The van der Waals surface area contributed by atoms with Crippen molar-refractivity contribution in [2.24, 2.45) is 0 Å². The Morgan fingerprint density at radius 2 is 1.84 bits per heavy atom. The van der Waals surface area contributed by atoms with Crippen LogP contribution in [0.5, 0.6) is 0 Å². The largest absolute Gasteiger partial charge is 0.378 e. The summed E-state index contributed by atoms with van der Waals surface area (Å²) in [5.74, 6) is 0.642. The molecule has 0 fully saturated rings. The molecule has 0 saturated carbocycles. The maximum absolute atomic E-state index is 6.77. The maximum atomic E-state index is 6.77. The standard InChI is InChI=1S/C24H22ClN5OS/c1-30(2)16-6-8-17(9-7-16)32-24-28-22(27-23(26)29-24)21-18-5-3-4-15-13-31-11-10-14(20(15)18)12-19(21)25/h3-9,12H,10-11,13H2,1-2H3,(H2,26,27,28,29). The molecule has 32 heavy (non-hydrogen) atoms. The molecule has 0 aliphatic carbocycles. The van der Waals surface area contributed by atoms with E-state index in [1.165, 1.54) is 17.3 Å². The zero-order chi connectivity index (χ0) is 22.2. The van der Waals surface area contributed by atoms with Crippen LogP contribution in [0.4, 0.5) is 11.6 Å². The first kappa shape index (κ1) is 21.0. The van der Waals surface area contributed by atoms with Crippen molar-refractivity contribution in [2.75, 3.05) is 31.3 Å². The van der Waals surface area contributed by atoms with E-state index in [1.54, 1.807) is 0 Å². The molecular weight excluding hydrogens is 442 g/mol. The van der Waals surface area contributed by atoms with E-state index in [2.05, 4.69) is 39.1 Å². The lowest BCUT2D eigenvalue weighted by Gasteiger charge is -2.14. The molecule has 0 saturated heterocycles. The number of ether oxygens (including phenoxy) is 1. The molecule has 2 heterocycles. The average molecular weight is 464 g/mol. The monoisotopic (exact) mass is 463 g/mol. The highest BCUT2D eigenvalue weighted by atomic mass is 35.5. The molecule has 5 rings (SSSR count). The lowest BCUT2D eigenvalue weighted by Crippen LogP contribution is -2.07. The van der Waals surface area contributed by atoms with Crippen LogP contribution in [0.2, 0.25) is 5.02 Å². The van der Waals surface area contributed by atoms with E-state index in [4.69, 9.17) is 27.1 Å². The third-order valence-corrected chi connectivity index (χ3v) is 6.64. The van der Waals surface area contributed by atoms with Crippen LogP contribution >= 0.6 is 23.4 Å². The molecule has 1 aliphatic rings. The first-order valence-electron chi connectivity index (χ1n) is 10.3. The van der Waals surface area contributed by atoms with Gasteiger partial charge >= 0.3 is 0 Å². The van der Waals surface area contributed by atoms with Gasteiger partial charge in [0.25, 0.3) is 0 Å². The topological polar surface area (TPSA) is 77.2 Å². The Balaban J connectivity index is 1.60. The Bertz CT molecular complexity index is 1310. The molecule has 0 bridgehead atoms. The van der Waals surface area contributed by atoms with Crippen LogP contribution in [0, 0.1) is 0 Å². The van der Waals surface area contributed by atoms with Gasteiger partial charge in [-0.1, -0.05) is 29.8 Å². The van der Waals surface area contributed by atoms with Crippen molar-refractivity contribution in [1.82, 2.24) is 15.0 Å². The fraction of sp³-hybridized carbons (Fsp3) is 0.208. The van der Waals surface area contributed by atoms with Gasteiger partial charge in [-0.25, -0.2) is 4.98 Å². The van der Waals surface area contributed by atoms with Crippen LogP contribution in [0.1, 0.15) is 11.1 Å². The second kappa shape index (κ2) is 8.58. The molecule has 1 aliphatic heterocycles. The fourth-order valence-corrected chi connectivity index (χ4v) is 5.04. The molecule has 0 amide bonds. The quantitative estimate of drug-likeness (QED) is 0.444. The summed E-state index contributed by atoms with van der Waals surface area (Å²) in [7, 11) is 4.03. The van der Waals surface area contributed by atoms with Crippen LogP contribution in [0.25, 0.3) is 22.2 Å². The first-order valence-corrected chi connectivity index (χ1v) is 11.5. The average Bonchev–Trinajstić information content (AvgIpc) is 2.97. The molecule has 3 aromatic carbocycles. The van der Waals surface area contributed by atoms with Crippen molar-refractivity contribution >= 4 is 45.8 Å². The van der Waals surface area contributed by atoms with Crippen LogP contribution in [0.15, 0.2) is 58.6 Å². The molecule has 0 radical (unpaired) electrons. The predicted octanol–water partition coefficient (Wildman–Crippen LogP) is 5.22. The van der Waals surface area contributed by atoms with Crippen molar-refractivity contribution < 1.29 is 4.74 Å². The fourth-order valence-electron chi connectivity index (χ4n) is 3.97. The van der Waals surface area contributed by atoms with E-state index in [0.29, 0.717) is 29.2 Å². The minimum atomic E-state index is 0.166. The summed E-state index contributed by atoms with van der Waals surface area (Å²) in [5, 5.41) is 3.30. The Morgan fingerprint density at radius 3 is 2.62 bits per heavy atom. The molecule has 0 spiro atoms. The van der Waals surface area contributed by atoms with E-state index < -0.39 is 0 Å². The Labute approximate surface area is 195 Å². The highest BCUT2D eigenvalue weighted by Crippen LogP contribution is 2.39. The van der Waals surface area contributed by atoms with Gasteiger partial charge in [0.1, 0.15) is 0 Å². The number of anilines is 2. The van der Waals surface area contributed by atoms with Gasteiger partial charge in [0.05, 0.1) is 18.2 Å². The molecule has 2 N–H and O–H groups in total. The Hall–Kier alpha value is -2.87. The number of hydrogen-bond acceptors (Lipinski definition) is 7. The number of aromatic nitrogens is 3. The third-order valence-electron chi connectivity index (χ3n) is 5.47. The van der Waals surface area contributed by atoms with Gasteiger partial charge in [-0.2, -0.15) is 9.97 Å². The lowest BCUT2D eigenvalue weighted by molar-refractivity contribution is 0.127. The summed E-state index contributed by atoms with van der Waals surface area (Å²) in [6, 6.07) is 16.4. The van der Waals surface area contributed by atoms with Gasteiger partial charge in [0.15, 0.2) is 11.0 Å². The first-order chi connectivity index (χ1) is 15.5. The number of benzene rings is 3. The second-order valence-corrected chi connectivity index (χ2v) is 9.27. The second-order valence-electron chi connectivity index (χ2n) is 7.82. The van der Waals surface area contributed by atoms with E-state index in [0.717, 1.165) is 38.9 Å². The Morgan fingerprint density at radius 1 is 1.03 bits per heavy atom. The Kier molecular flexibility index (Phi) is 5.63. The third kappa shape index (κ3) is 3.99. The predicted molar refractivity (Wildman–Crippen MR) is 130 cm³/mol. The summed E-state index contributed by atoms with van der Waals surface area (Å²) < 4.78 is 5.77.